The van der Waals surface area contributed by atoms with Crippen LogP contribution in [0, 0.1) is 0 Å². The summed E-state index contributed by atoms with van der Waals surface area (Å²) in [5.74, 6) is 1.43. The molecule has 3 unspecified atom stereocenters. The molecule has 56 heavy (non-hydrogen) atoms. The molecule has 0 bridgehead atoms. The van der Waals surface area contributed by atoms with Gasteiger partial charge in [0.1, 0.15) is 11.9 Å². The van der Waals surface area contributed by atoms with Crippen molar-refractivity contribution in [2.45, 2.75) is 69.7 Å². The summed E-state index contributed by atoms with van der Waals surface area (Å²) in [5, 5.41) is 1.88. The number of piperazine rings is 1. The maximum absolute atomic E-state index is 13.8. The van der Waals surface area contributed by atoms with E-state index >= 15 is 0 Å². The molecule has 3 aromatic carbocycles. The number of ether oxygens (including phenoxy) is 4. The molecule has 13 nitrogen and oxygen atoms in total. The van der Waals surface area contributed by atoms with Crippen LogP contribution < -0.4 is 24.0 Å². The second-order valence-electron chi connectivity index (χ2n) is 15.4. The number of rotatable bonds is 12. The molecule has 5 aliphatic heterocycles. The Morgan fingerprint density at radius 3 is 2.43 bits per heavy atom. The summed E-state index contributed by atoms with van der Waals surface area (Å²) in [7, 11) is 3.59. The molecule has 4 amide bonds. The van der Waals surface area contributed by atoms with Gasteiger partial charge in [-0.1, -0.05) is 24.3 Å². The third-order valence-corrected chi connectivity index (χ3v) is 12.3. The maximum atomic E-state index is 13.8. The lowest BCUT2D eigenvalue weighted by Gasteiger charge is -2.32. The topological polar surface area (TPSA) is 121 Å². The Balaban J connectivity index is 0.909. The van der Waals surface area contributed by atoms with Crippen LogP contribution in [0.4, 0.5) is 11.4 Å². The SMILES string of the molecule is COc1cc2c(cc1OCCCCCC(=O)N1CC(CCl)c3c1cc(OCC(=O)N1CCN(C)CC1)c1ccccc31)N1C(=O)C(C)OC1[C@@H]1CCCN1C2=O. The Hall–Kier alpha value is -4.59. The van der Waals surface area contributed by atoms with Gasteiger partial charge in [0, 0.05) is 75.0 Å². The van der Waals surface area contributed by atoms with E-state index in [4.69, 9.17) is 30.5 Å². The molecule has 3 aromatic rings. The minimum absolute atomic E-state index is 0.00778. The number of benzene rings is 3. The Kier molecular flexibility index (Phi) is 11.0. The van der Waals surface area contributed by atoms with Gasteiger partial charge in [-0.05, 0) is 63.1 Å². The molecular formula is C42H50ClN5O8. The van der Waals surface area contributed by atoms with Crippen LogP contribution in [0.2, 0.25) is 0 Å². The standard InChI is InChI=1S/C42H50ClN5O8/c1-26-40(51)48-32-21-36(35(53-3)20-30(32)41(52)46-14-9-12-31(46)42(48)56-26)54-19-8-4-5-13-37(49)47-24-27(23-43)39-29-11-7-6-10-28(29)34(22-33(39)47)55-25-38(50)45-17-15-44(2)16-18-45/h6-7,10-11,20-22,26-27,31,42H,4-5,8-9,12-19,23-25H2,1-3H3/t26?,27?,31-,42?/m0/s1. The Bertz CT molecular complexity index is 2020. The number of anilines is 2. The van der Waals surface area contributed by atoms with E-state index in [2.05, 4.69) is 11.9 Å². The number of carbonyl (C=O) groups excluding carboxylic acids is 4. The van der Waals surface area contributed by atoms with E-state index in [1.807, 2.05) is 45.0 Å². The molecule has 0 spiro atoms. The van der Waals surface area contributed by atoms with Gasteiger partial charge in [0.2, 0.25) is 5.91 Å². The fourth-order valence-corrected chi connectivity index (χ4v) is 9.16. The van der Waals surface area contributed by atoms with Crippen molar-refractivity contribution in [1.82, 2.24) is 14.7 Å². The zero-order valence-corrected chi connectivity index (χ0v) is 33.1. The molecule has 3 saturated heterocycles. The zero-order chi connectivity index (χ0) is 39.1. The van der Waals surface area contributed by atoms with Crippen LogP contribution in [0.25, 0.3) is 10.8 Å². The zero-order valence-electron chi connectivity index (χ0n) is 32.3. The number of fused-ring (bicyclic) bond motifs is 8. The van der Waals surface area contributed by atoms with E-state index in [-0.39, 0.29) is 42.2 Å². The van der Waals surface area contributed by atoms with Gasteiger partial charge >= 0.3 is 0 Å². The molecule has 4 atom stereocenters. The molecule has 5 aliphatic rings. The number of nitrogens with zero attached hydrogens (tertiary/aromatic N) is 5. The van der Waals surface area contributed by atoms with Crippen molar-refractivity contribution in [3.63, 3.8) is 0 Å². The van der Waals surface area contributed by atoms with E-state index in [1.54, 1.807) is 24.0 Å². The number of amides is 4. The van der Waals surface area contributed by atoms with Crippen molar-refractivity contribution in [2.75, 3.05) is 82.3 Å². The van der Waals surface area contributed by atoms with Gasteiger partial charge in [-0.15, -0.1) is 11.6 Å². The van der Waals surface area contributed by atoms with Gasteiger partial charge in [0.05, 0.1) is 36.7 Å². The molecule has 0 aliphatic carbocycles. The van der Waals surface area contributed by atoms with E-state index < -0.39 is 12.3 Å². The summed E-state index contributed by atoms with van der Waals surface area (Å²) in [5.41, 5.74) is 2.71. The number of carbonyl (C=O) groups is 4. The first-order valence-electron chi connectivity index (χ1n) is 19.8. The third kappa shape index (κ3) is 7.02. The first-order valence-corrected chi connectivity index (χ1v) is 20.4. The molecule has 5 heterocycles. The summed E-state index contributed by atoms with van der Waals surface area (Å²) < 4.78 is 24.2. The minimum atomic E-state index is -0.606. The highest BCUT2D eigenvalue weighted by Gasteiger charge is 2.51. The molecule has 298 valence electrons. The van der Waals surface area contributed by atoms with E-state index in [0.29, 0.717) is 86.4 Å². The second kappa shape index (κ2) is 16.1. The highest BCUT2D eigenvalue weighted by molar-refractivity contribution is 6.19. The molecule has 0 aromatic heterocycles. The fourth-order valence-electron chi connectivity index (χ4n) is 8.91. The first-order chi connectivity index (χ1) is 27.2. The molecule has 0 N–H and O–H groups in total. The molecular weight excluding hydrogens is 738 g/mol. The van der Waals surface area contributed by atoms with Crippen molar-refractivity contribution in [3.8, 4) is 17.2 Å². The van der Waals surface area contributed by atoms with Gasteiger partial charge in [-0.2, -0.15) is 0 Å². The predicted octanol–water partition coefficient (Wildman–Crippen LogP) is 5.01. The molecule has 3 fully saturated rings. The molecule has 14 heteroatoms. The van der Waals surface area contributed by atoms with Crippen LogP contribution in [0.5, 0.6) is 17.2 Å². The maximum Gasteiger partial charge on any atom is 0.260 e. The minimum Gasteiger partial charge on any atom is -0.493 e. The summed E-state index contributed by atoms with van der Waals surface area (Å²) >= 11 is 6.50. The highest BCUT2D eigenvalue weighted by atomic mass is 35.5. The highest BCUT2D eigenvalue weighted by Crippen LogP contribution is 2.47. The Morgan fingerprint density at radius 1 is 0.893 bits per heavy atom. The third-order valence-electron chi connectivity index (χ3n) is 12.0. The number of hydrogen-bond acceptors (Lipinski definition) is 9. The van der Waals surface area contributed by atoms with Crippen LogP contribution in [0.1, 0.15) is 67.3 Å². The van der Waals surface area contributed by atoms with Crippen molar-refractivity contribution >= 4 is 57.4 Å². The largest absolute Gasteiger partial charge is 0.493 e. The van der Waals surface area contributed by atoms with Crippen molar-refractivity contribution in [1.29, 1.82) is 0 Å². The van der Waals surface area contributed by atoms with Crippen molar-refractivity contribution in [3.05, 3.63) is 53.6 Å². The molecule has 0 saturated carbocycles. The van der Waals surface area contributed by atoms with E-state index in [9.17, 15) is 19.2 Å². The van der Waals surface area contributed by atoms with Gasteiger partial charge in [-0.3, -0.25) is 24.1 Å². The second-order valence-corrected chi connectivity index (χ2v) is 15.8. The van der Waals surface area contributed by atoms with Crippen LogP contribution in [-0.4, -0.2) is 129 Å². The average molecular weight is 788 g/mol. The Labute approximate surface area is 332 Å². The van der Waals surface area contributed by atoms with Gasteiger partial charge in [-0.25, -0.2) is 0 Å². The average Bonchev–Trinajstić information content (AvgIpc) is 3.92. The quantitative estimate of drug-likeness (QED) is 0.184. The number of alkyl halides is 1. The lowest BCUT2D eigenvalue weighted by atomic mass is 9.95. The number of unbranched alkanes of at least 4 members (excludes halogenated alkanes) is 2. The van der Waals surface area contributed by atoms with Crippen LogP contribution in [0.3, 0.4) is 0 Å². The van der Waals surface area contributed by atoms with E-state index in [1.165, 1.54) is 7.11 Å². The summed E-state index contributed by atoms with van der Waals surface area (Å²) in [6.45, 7) is 6.16. The predicted molar refractivity (Wildman–Crippen MR) is 212 cm³/mol. The smallest absolute Gasteiger partial charge is 0.260 e. The Morgan fingerprint density at radius 2 is 1.66 bits per heavy atom. The summed E-state index contributed by atoms with van der Waals surface area (Å²) in [6.07, 6.45) is 2.91. The summed E-state index contributed by atoms with van der Waals surface area (Å²) in [6, 6.07) is 13.1. The van der Waals surface area contributed by atoms with Gasteiger partial charge in [0.15, 0.2) is 24.3 Å². The molecule has 0 radical (unpaired) electrons. The normalized spacial score (nSPS) is 23.2. The number of methoxy groups -OCH3 is 1. The first kappa shape index (κ1) is 38.3. The lowest BCUT2D eigenvalue weighted by Crippen LogP contribution is -2.48. The van der Waals surface area contributed by atoms with Gasteiger partial charge < -0.3 is 38.5 Å². The monoisotopic (exact) mass is 787 g/mol. The van der Waals surface area contributed by atoms with Crippen LogP contribution in [-0.2, 0) is 19.1 Å². The van der Waals surface area contributed by atoms with Crippen molar-refractivity contribution < 1.29 is 38.1 Å². The van der Waals surface area contributed by atoms with Crippen molar-refractivity contribution in [2.24, 2.45) is 0 Å². The van der Waals surface area contributed by atoms with Gasteiger partial charge in [0.25, 0.3) is 17.7 Å². The lowest BCUT2D eigenvalue weighted by molar-refractivity contribution is -0.135. The number of halogens is 1. The van der Waals surface area contributed by atoms with E-state index in [0.717, 1.165) is 54.4 Å². The summed E-state index contributed by atoms with van der Waals surface area (Å²) in [4.78, 5) is 63.2. The van der Waals surface area contributed by atoms with Crippen LogP contribution >= 0.6 is 11.6 Å². The number of likely N-dealkylation sites (N-methyl/N-ethyl adjacent to an activating group) is 1. The van der Waals surface area contributed by atoms with Crippen LogP contribution in [0.15, 0.2) is 42.5 Å². The molecule has 8 rings (SSSR count). The number of hydrogen-bond donors (Lipinski definition) is 0. The fraction of sp³-hybridized carbons (Fsp3) is 0.524.